The van der Waals surface area contributed by atoms with Crippen LogP contribution in [-0.2, 0) is 0 Å². The van der Waals surface area contributed by atoms with E-state index < -0.39 is 0 Å². The molecule has 1 atom stereocenters. The molecule has 5 heteroatoms. The van der Waals surface area contributed by atoms with E-state index in [1.807, 2.05) is 12.1 Å². The largest absolute Gasteiger partial charge is 0.490 e. The summed E-state index contributed by atoms with van der Waals surface area (Å²) in [5, 5.41) is 3.35. The standard InChI is InChI=1S/C15H19BrN2O2/c1-2-3-5-18-13(10-17)11-8-12(16)15-14(9-11)19-6-4-7-20-15/h1,8-9,13,18H,3-7,10,17H2. The summed E-state index contributed by atoms with van der Waals surface area (Å²) in [4.78, 5) is 0. The molecule has 0 aromatic heterocycles. The number of hydrogen-bond donors (Lipinski definition) is 2. The molecule has 1 aliphatic rings. The Kier molecular flexibility index (Phi) is 5.72. The zero-order valence-corrected chi connectivity index (χ0v) is 12.9. The molecule has 0 bridgehead atoms. The van der Waals surface area contributed by atoms with Gasteiger partial charge in [0.2, 0.25) is 0 Å². The summed E-state index contributed by atoms with van der Waals surface area (Å²) in [6.45, 7) is 2.58. The SMILES string of the molecule is C#CCCNC(CN)c1cc(Br)c2c(c1)OCCCO2. The monoisotopic (exact) mass is 338 g/mol. The van der Waals surface area contributed by atoms with Crippen molar-refractivity contribution in [1.29, 1.82) is 0 Å². The fourth-order valence-corrected chi connectivity index (χ4v) is 2.68. The second kappa shape index (κ2) is 7.53. The minimum Gasteiger partial charge on any atom is -0.490 e. The third kappa shape index (κ3) is 3.66. The molecule has 0 amide bonds. The van der Waals surface area contributed by atoms with Crippen LogP contribution in [0.5, 0.6) is 11.5 Å². The van der Waals surface area contributed by atoms with Gasteiger partial charge in [0, 0.05) is 32.0 Å². The minimum atomic E-state index is 0.0526. The van der Waals surface area contributed by atoms with Crippen LogP contribution in [0.15, 0.2) is 16.6 Å². The first-order chi connectivity index (χ1) is 9.76. The van der Waals surface area contributed by atoms with Gasteiger partial charge >= 0.3 is 0 Å². The van der Waals surface area contributed by atoms with Crippen molar-refractivity contribution in [2.24, 2.45) is 5.73 Å². The van der Waals surface area contributed by atoms with Crippen LogP contribution >= 0.6 is 15.9 Å². The lowest BCUT2D eigenvalue weighted by atomic mass is 10.1. The molecule has 0 radical (unpaired) electrons. The maximum atomic E-state index is 5.84. The quantitative estimate of drug-likeness (QED) is 0.638. The zero-order valence-electron chi connectivity index (χ0n) is 11.3. The van der Waals surface area contributed by atoms with Crippen molar-refractivity contribution in [1.82, 2.24) is 5.32 Å². The van der Waals surface area contributed by atoms with Gasteiger partial charge in [-0.1, -0.05) is 0 Å². The fraction of sp³-hybridized carbons (Fsp3) is 0.467. The van der Waals surface area contributed by atoms with E-state index in [1.54, 1.807) is 0 Å². The highest BCUT2D eigenvalue weighted by Crippen LogP contribution is 2.39. The van der Waals surface area contributed by atoms with Gasteiger partial charge in [-0.15, -0.1) is 12.3 Å². The van der Waals surface area contributed by atoms with Crippen molar-refractivity contribution >= 4 is 15.9 Å². The van der Waals surface area contributed by atoms with Gasteiger partial charge in [0.25, 0.3) is 0 Å². The Morgan fingerprint density at radius 1 is 1.40 bits per heavy atom. The Bertz CT molecular complexity index is 499. The fourth-order valence-electron chi connectivity index (χ4n) is 2.11. The first-order valence-electron chi connectivity index (χ1n) is 6.72. The Balaban J connectivity index is 2.21. The Hall–Kier alpha value is -1.22. The number of terminal acetylenes is 1. The van der Waals surface area contributed by atoms with Gasteiger partial charge in [0.05, 0.1) is 17.7 Å². The summed E-state index contributed by atoms with van der Waals surface area (Å²) in [6.07, 6.45) is 6.83. The van der Waals surface area contributed by atoms with Crippen molar-refractivity contribution in [2.75, 3.05) is 26.3 Å². The van der Waals surface area contributed by atoms with E-state index in [9.17, 15) is 0 Å². The highest BCUT2D eigenvalue weighted by atomic mass is 79.9. The second-order valence-corrected chi connectivity index (χ2v) is 5.43. The summed E-state index contributed by atoms with van der Waals surface area (Å²) in [7, 11) is 0. The van der Waals surface area contributed by atoms with Crippen LogP contribution in [0, 0.1) is 12.3 Å². The van der Waals surface area contributed by atoms with Crippen molar-refractivity contribution in [3.63, 3.8) is 0 Å². The van der Waals surface area contributed by atoms with Gasteiger partial charge in [-0.05, 0) is 33.6 Å². The summed E-state index contributed by atoms with van der Waals surface area (Å²) in [6, 6.07) is 4.07. The van der Waals surface area contributed by atoms with Crippen molar-refractivity contribution in [3.05, 3.63) is 22.2 Å². The number of rotatable bonds is 5. The number of ether oxygens (including phenoxy) is 2. The van der Waals surface area contributed by atoms with Crippen LogP contribution in [0.4, 0.5) is 0 Å². The molecule has 1 aromatic carbocycles. The molecule has 1 aliphatic heterocycles. The predicted octanol–water partition coefficient (Wildman–Crippen LogP) is 2.22. The average Bonchev–Trinajstić information content (AvgIpc) is 2.69. The van der Waals surface area contributed by atoms with E-state index in [0.29, 0.717) is 26.2 Å². The lowest BCUT2D eigenvalue weighted by Gasteiger charge is -2.19. The first-order valence-corrected chi connectivity index (χ1v) is 7.51. The Morgan fingerprint density at radius 2 is 2.20 bits per heavy atom. The van der Waals surface area contributed by atoms with E-state index in [0.717, 1.165) is 34.5 Å². The third-order valence-electron chi connectivity index (χ3n) is 3.12. The van der Waals surface area contributed by atoms with E-state index in [4.69, 9.17) is 21.6 Å². The van der Waals surface area contributed by atoms with Gasteiger partial charge < -0.3 is 20.5 Å². The van der Waals surface area contributed by atoms with Gasteiger partial charge in [0.1, 0.15) is 0 Å². The maximum Gasteiger partial charge on any atom is 0.175 e. The molecule has 0 saturated carbocycles. The Morgan fingerprint density at radius 3 is 2.95 bits per heavy atom. The summed E-state index contributed by atoms with van der Waals surface area (Å²) in [5.74, 6) is 4.15. The van der Waals surface area contributed by atoms with E-state index in [1.165, 1.54) is 0 Å². The molecule has 2 rings (SSSR count). The number of benzene rings is 1. The van der Waals surface area contributed by atoms with Crippen molar-refractivity contribution in [2.45, 2.75) is 18.9 Å². The summed E-state index contributed by atoms with van der Waals surface area (Å²) in [5.41, 5.74) is 6.91. The normalized spacial score (nSPS) is 15.2. The molecule has 20 heavy (non-hydrogen) atoms. The predicted molar refractivity (Wildman–Crippen MR) is 83.0 cm³/mol. The van der Waals surface area contributed by atoms with Crippen LogP contribution in [0.1, 0.15) is 24.4 Å². The van der Waals surface area contributed by atoms with Crippen LogP contribution in [-0.4, -0.2) is 26.3 Å². The van der Waals surface area contributed by atoms with E-state index in [-0.39, 0.29) is 6.04 Å². The topological polar surface area (TPSA) is 56.5 Å². The van der Waals surface area contributed by atoms with Crippen LogP contribution in [0.3, 0.4) is 0 Å². The van der Waals surface area contributed by atoms with Crippen molar-refractivity contribution in [3.8, 4) is 23.8 Å². The van der Waals surface area contributed by atoms with Gasteiger partial charge in [0.15, 0.2) is 11.5 Å². The summed E-state index contributed by atoms with van der Waals surface area (Å²) < 4.78 is 12.3. The molecule has 1 aromatic rings. The first kappa shape index (κ1) is 15.2. The lowest BCUT2D eigenvalue weighted by molar-refractivity contribution is 0.296. The molecule has 0 aliphatic carbocycles. The van der Waals surface area contributed by atoms with E-state index in [2.05, 4.69) is 27.2 Å². The van der Waals surface area contributed by atoms with Crippen LogP contribution in [0.25, 0.3) is 0 Å². The minimum absolute atomic E-state index is 0.0526. The van der Waals surface area contributed by atoms with Crippen molar-refractivity contribution < 1.29 is 9.47 Å². The second-order valence-electron chi connectivity index (χ2n) is 4.58. The third-order valence-corrected chi connectivity index (χ3v) is 3.71. The van der Waals surface area contributed by atoms with Crippen LogP contribution < -0.4 is 20.5 Å². The number of fused-ring (bicyclic) bond motifs is 1. The molecule has 3 N–H and O–H groups in total. The number of nitrogens with two attached hydrogens (primary N) is 1. The van der Waals surface area contributed by atoms with Gasteiger partial charge in [-0.2, -0.15) is 0 Å². The molecule has 0 spiro atoms. The maximum absolute atomic E-state index is 5.84. The number of nitrogens with one attached hydrogen (secondary N) is 1. The molecule has 0 saturated heterocycles. The molecule has 1 heterocycles. The molecule has 1 unspecified atom stereocenters. The van der Waals surface area contributed by atoms with Gasteiger partial charge in [-0.3, -0.25) is 0 Å². The van der Waals surface area contributed by atoms with E-state index >= 15 is 0 Å². The number of hydrogen-bond acceptors (Lipinski definition) is 4. The highest BCUT2D eigenvalue weighted by molar-refractivity contribution is 9.10. The zero-order chi connectivity index (χ0) is 14.4. The average molecular weight is 339 g/mol. The van der Waals surface area contributed by atoms with Crippen LogP contribution in [0.2, 0.25) is 0 Å². The number of halogens is 1. The molecule has 108 valence electrons. The Labute approximate surface area is 128 Å². The lowest BCUT2D eigenvalue weighted by Crippen LogP contribution is -2.29. The smallest absolute Gasteiger partial charge is 0.175 e. The highest BCUT2D eigenvalue weighted by Gasteiger charge is 2.18. The summed E-state index contributed by atoms with van der Waals surface area (Å²) >= 11 is 3.54. The molecular weight excluding hydrogens is 320 g/mol. The molecule has 0 fully saturated rings. The van der Waals surface area contributed by atoms with Gasteiger partial charge in [-0.25, -0.2) is 0 Å². The molecule has 4 nitrogen and oxygen atoms in total. The molecular formula is C15H19BrN2O2.